The number of hydrogen-bond donors (Lipinski definition) is 0. The van der Waals surface area contributed by atoms with Crippen molar-refractivity contribution < 1.29 is 8.42 Å². The van der Waals surface area contributed by atoms with Gasteiger partial charge in [0.05, 0.1) is 4.90 Å². The fourth-order valence-electron chi connectivity index (χ4n) is 2.07. The Labute approximate surface area is 124 Å². The molecular formula is C14H17ClN2O2S. The predicted molar refractivity (Wildman–Crippen MR) is 81.4 cm³/mol. The number of allylic oxidation sites excluding steroid dienone is 1. The summed E-state index contributed by atoms with van der Waals surface area (Å²) in [6, 6.07) is 6.06. The molecule has 0 amide bonds. The molecule has 0 N–H and O–H groups in total. The molecule has 0 spiro atoms. The topological polar surface area (TPSA) is 49.7 Å². The van der Waals surface area contributed by atoms with Crippen molar-refractivity contribution in [3.05, 3.63) is 41.6 Å². The van der Waals surface area contributed by atoms with E-state index in [1.165, 1.54) is 12.1 Å². The van der Waals surface area contributed by atoms with Gasteiger partial charge in [-0.1, -0.05) is 17.7 Å². The van der Waals surface area contributed by atoms with E-state index in [0.29, 0.717) is 17.3 Å². The van der Waals surface area contributed by atoms with E-state index in [9.17, 15) is 8.42 Å². The molecule has 0 aromatic heterocycles. The third kappa shape index (κ3) is 3.61. The van der Waals surface area contributed by atoms with Crippen molar-refractivity contribution >= 4 is 27.5 Å². The standard InChI is InChI=1S/C14H17ClN2O2S/c1-2-10-17-11-4-3-5-14(17)16-20(18,19)13-8-6-12(15)7-9-13/h2,6-10H,3-5,11H2,1H3/b10-2+,16-14+. The first kappa shape index (κ1) is 15.1. The van der Waals surface area contributed by atoms with Crippen LogP contribution < -0.4 is 0 Å². The monoisotopic (exact) mass is 312 g/mol. The molecule has 1 fully saturated rings. The van der Waals surface area contributed by atoms with Crippen LogP contribution in [0.5, 0.6) is 0 Å². The SMILES string of the molecule is C/C=C/N1CCCC/C1=N\S(=O)(=O)c1ccc(Cl)cc1. The minimum atomic E-state index is -3.67. The molecular weight excluding hydrogens is 296 g/mol. The number of sulfonamides is 1. The molecule has 6 heteroatoms. The van der Waals surface area contributed by atoms with Crippen LogP contribution in [0.15, 0.2) is 45.8 Å². The molecule has 1 aromatic carbocycles. The average molecular weight is 313 g/mol. The molecule has 20 heavy (non-hydrogen) atoms. The van der Waals surface area contributed by atoms with Crippen LogP contribution in [0.1, 0.15) is 26.2 Å². The summed E-state index contributed by atoms with van der Waals surface area (Å²) in [7, 11) is -3.67. The molecule has 0 unspecified atom stereocenters. The molecule has 0 bridgehead atoms. The number of amidine groups is 1. The summed E-state index contributed by atoms with van der Waals surface area (Å²) < 4.78 is 28.5. The zero-order valence-corrected chi connectivity index (χ0v) is 12.9. The number of halogens is 1. The van der Waals surface area contributed by atoms with Crippen LogP contribution in [-0.2, 0) is 10.0 Å². The second-order valence-corrected chi connectivity index (χ2v) is 6.61. The molecule has 1 aliphatic rings. The zero-order valence-electron chi connectivity index (χ0n) is 11.3. The molecule has 1 saturated heterocycles. The number of nitrogens with zero attached hydrogens (tertiary/aromatic N) is 2. The van der Waals surface area contributed by atoms with Crippen LogP contribution >= 0.6 is 11.6 Å². The Kier molecular flexibility index (Phi) is 4.83. The third-order valence-electron chi connectivity index (χ3n) is 3.05. The lowest BCUT2D eigenvalue weighted by atomic mass is 10.1. The molecule has 1 aromatic rings. The summed E-state index contributed by atoms with van der Waals surface area (Å²) in [6.07, 6.45) is 6.44. The normalized spacial score (nSPS) is 18.9. The van der Waals surface area contributed by atoms with E-state index >= 15 is 0 Å². The Bertz CT molecular complexity index is 621. The molecule has 4 nitrogen and oxygen atoms in total. The van der Waals surface area contributed by atoms with E-state index in [1.807, 2.05) is 24.1 Å². The summed E-state index contributed by atoms with van der Waals surface area (Å²) in [5.74, 6) is 0.601. The van der Waals surface area contributed by atoms with Crippen LogP contribution in [0.4, 0.5) is 0 Å². The summed E-state index contributed by atoms with van der Waals surface area (Å²) in [5.41, 5.74) is 0. The van der Waals surface area contributed by atoms with Crippen molar-refractivity contribution in [2.45, 2.75) is 31.1 Å². The first-order valence-electron chi connectivity index (χ1n) is 6.52. The molecule has 1 heterocycles. The lowest BCUT2D eigenvalue weighted by molar-refractivity contribution is 0.470. The van der Waals surface area contributed by atoms with E-state index in [0.717, 1.165) is 19.4 Å². The number of likely N-dealkylation sites (tertiary alicyclic amines) is 1. The van der Waals surface area contributed by atoms with Gasteiger partial charge in [0.1, 0.15) is 5.84 Å². The van der Waals surface area contributed by atoms with Gasteiger partial charge in [-0.3, -0.25) is 0 Å². The highest BCUT2D eigenvalue weighted by atomic mass is 35.5. The van der Waals surface area contributed by atoms with Crippen molar-refractivity contribution in [2.75, 3.05) is 6.54 Å². The summed E-state index contributed by atoms with van der Waals surface area (Å²) in [4.78, 5) is 2.07. The van der Waals surface area contributed by atoms with E-state index in [2.05, 4.69) is 4.40 Å². The highest BCUT2D eigenvalue weighted by molar-refractivity contribution is 7.90. The Hall–Kier alpha value is -1.33. The van der Waals surface area contributed by atoms with Gasteiger partial charge in [0.15, 0.2) is 0 Å². The largest absolute Gasteiger partial charge is 0.336 e. The maximum atomic E-state index is 12.3. The summed E-state index contributed by atoms with van der Waals surface area (Å²) in [5, 5.41) is 0.504. The Morgan fingerprint density at radius 3 is 2.60 bits per heavy atom. The van der Waals surface area contributed by atoms with Crippen LogP contribution in [0.3, 0.4) is 0 Å². The van der Waals surface area contributed by atoms with E-state index in [1.54, 1.807) is 12.1 Å². The molecule has 108 valence electrons. The molecule has 0 aliphatic carbocycles. The van der Waals surface area contributed by atoms with Gasteiger partial charge in [0.2, 0.25) is 0 Å². The van der Waals surface area contributed by atoms with Gasteiger partial charge in [0, 0.05) is 24.2 Å². The van der Waals surface area contributed by atoms with Crippen LogP contribution in [0, 0.1) is 0 Å². The fraction of sp³-hybridized carbons (Fsp3) is 0.357. The maximum absolute atomic E-state index is 12.3. The van der Waals surface area contributed by atoms with Gasteiger partial charge < -0.3 is 4.90 Å². The Balaban J connectivity index is 2.33. The van der Waals surface area contributed by atoms with Crippen molar-refractivity contribution in [1.29, 1.82) is 0 Å². The van der Waals surface area contributed by atoms with Crippen molar-refractivity contribution in [1.82, 2.24) is 4.90 Å². The number of piperidine rings is 1. The summed E-state index contributed by atoms with van der Waals surface area (Å²) >= 11 is 5.77. The Morgan fingerprint density at radius 1 is 1.25 bits per heavy atom. The Morgan fingerprint density at radius 2 is 1.95 bits per heavy atom. The minimum absolute atomic E-state index is 0.167. The predicted octanol–water partition coefficient (Wildman–Crippen LogP) is 3.45. The van der Waals surface area contributed by atoms with E-state index in [4.69, 9.17) is 11.6 Å². The molecule has 0 radical (unpaired) electrons. The van der Waals surface area contributed by atoms with Gasteiger partial charge in [-0.15, -0.1) is 4.40 Å². The average Bonchev–Trinajstić information content (AvgIpc) is 2.41. The molecule has 0 atom stereocenters. The highest BCUT2D eigenvalue weighted by Crippen LogP contribution is 2.19. The third-order valence-corrected chi connectivity index (χ3v) is 4.62. The first-order chi connectivity index (χ1) is 9.53. The van der Waals surface area contributed by atoms with Crippen molar-refractivity contribution in [3.63, 3.8) is 0 Å². The summed E-state index contributed by atoms with van der Waals surface area (Å²) in [6.45, 7) is 2.71. The van der Waals surface area contributed by atoms with Gasteiger partial charge in [-0.2, -0.15) is 8.42 Å². The minimum Gasteiger partial charge on any atom is -0.336 e. The maximum Gasteiger partial charge on any atom is 0.283 e. The van der Waals surface area contributed by atoms with Gasteiger partial charge in [0.25, 0.3) is 10.0 Å². The van der Waals surface area contributed by atoms with Crippen molar-refractivity contribution in [2.24, 2.45) is 4.40 Å². The quantitative estimate of drug-likeness (QED) is 0.859. The number of benzene rings is 1. The van der Waals surface area contributed by atoms with Gasteiger partial charge >= 0.3 is 0 Å². The second kappa shape index (κ2) is 6.41. The van der Waals surface area contributed by atoms with Crippen LogP contribution in [-0.4, -0.2) is 25.7 Å². The molecule has 1 aliphatic heterocycles. The van der Waals surface area contributed by atoms with E-state index in [-0.39, 0.29) is 4.90 Å². The van der Waals surface area contributed by atoms with Crippen LogP contribution in [0.25, 0.3) is 0 Å². The van der Waals surface area contributed by atoms with Crippen LogP contribution in [0.2, 0.25) is 5.02 Å². The van der Waals surface area contributed by atoms with Crippen molar-refractivity contribution in [3.8, 4) is 0 Å². The lowest BCUT2D eigenvalue weighted by Gasteiger charge is -2.26. The smallest absolute Gasteiger partial charge is 0.283 e. The van der Waals surface area contributed by atoms with E-state index < -0.39 is 10.0 Å². The first-order valence-corrected chi connectivity index (χ1v) is 8.33. The number of hydrogen-bond acceptors (Lipinski definition) is 2. The highest BCUT2D eigenvalue weighted by Gasteiger charge is 2.19. The van der Waals surface area contributed by atoms with Gasteiger partial charge in [-0.25, -0.2) is 0 Å². The molecule has 2 rings (SSSR count). The number of rotatable bonds is 3. The molecule has 0 saturated carbocycles. The second-order valence-electron chi connectivity index (χ2n) is 4.57. The fourth-order valence-corrected chi connectivity index (χ4v) is 3.26. The van der Waals surface area contributed by atoms with Gasteiger partial charge in [-0.05, 0) is 44.0 Å². The lowest BCUT2D eigenvalue weighted by Crippen LogP contribution is -2.31. The zero-order chi connectivity index (χ0) is 14.6.